The fourth-order valence-electron chi connectivity index (χ4n) is 1.58. The van der Waals surface area contributed by atoms with E-state index in [0.29, 0.717) is 0 Å². The third-order valence-corrected chi connectivity index (χ3v) is 2.44. The largest absolute Gasteiger partial charge is 0.393 e. The molecule has 0 spiro atoms. The van der Waals surface area contributed by atoms with Crippen LogP contribution in [0.4, 0.5) is 5.69 Å². The zero-order valence-corrected chi connectivity index (χ0v) is 9.83. The fraction of sp³-hybridized carbons (Fsp3) is 0.0833. The number of anilines is 1. The van der Waals surface area contributed by atoms with Crippen molar-refractivity contribution < 1.29 is 4.79 Å². The predicted molar refractivity (Wildman–Crippen MR) is 71.8 cm³/mol. The summed E-state index contributed by atoms with van der Waals surface area (Å²) in [7, 11) is 0. The molecule has 2 rings (SSSR count). The number of nitrogens with zero attached hydrogens (tertiary/aromatic N) is 1. The van der Waals surface area contributed by atoms with Crippen molar-refractivity contribution in [3.63, 3.8) is 0 Å². The number of aromatic nitrogens is 1. The number of fused-ring (bicyclic) bond motifs is 1. The van der Waals surface area contributed by atoms with E-state index in [4.69, 9.17) is 5.73 Å². The van der Waals surface area contributed by atoms with Gasteiger partial charge in [-0.25, -0.2) is 0 Å². The summed E-state index contributed by atoms with van der Waals surface area (Å²) in [5.41, 5.74) is 6.04. The summed E-state index contributed by atoms with van der Waals surface area (Å²) < 4.78 is 0. The van der Waals surface area contributed by atoms with Crippen molar-refractivity contribution in [2.24, 2.45) is 5.73 Å². The van der Waals surface area contributed by atoms with E-state index in [1.807, 2.05) is 24.3 Å². The van der Waals surface area contributed by atoms with Crippen LogP contribution in [0.2, 0.25) is 0 Å². The standard InChI is InChI=1S/C12H11N3OS/c13-11(17)6-12(16)15-10-3-1-2-8-4-5-14-7-9(8)10/h1-5,7H,6H2,(H2,13,17)(H,15,16). The Labute approximate surface area is 104 Å². The molecule has 0 unspecified atom stereocenters. The van der Waals surface area contributed by atoms with E-state index in [0.717, 1.165) is 16.5 Å². The molecule has 17 heavy (non-hydrogen) atoms. The minimum Gasteiger partial charge on any atom is -0.393 e. The normalized spacial score (nSPS) is 10.1. The molecule has 1 aromatic heterocycles. The van der Waals surface area contributed by atoms with Crippen LogP contribution in [0.5, 0.6) is 0 Å². The molecule has 1 amide bonds. The number of nitrogens with two attached hydrogens (primary N) is 1. The Kier molecular flexibility index (Phi) is 3.30. The van der Waals surface area contributed by atoms with Crippen molar-refractivity contribution in [3.05, 3.63) is 36.7 Å². The third kappa shape index (κ3) is 2.76. The van der Waals surface area contributed by atoms with Crippen LogP contribution < -0.4 is 11.1 Å². The van der Waals surface area contributed by atoms with Crippen molar-refractivity contribution in [3.8, 4) is 0 Å². The highest BCUT2D eigenvalue weighted by molar-refractivity contribution is 7.80. The maximum Gasteiger partial charge on any atom is 0.231 e. The molecular formula is C12H11N3OS. The van der Waals surface area contributed by atoms with Crippen LogP contribution in [-0.4, -0.2) is 15.9 Å². The zero-order valence-electron chi connectivity index (χ0n) is 9.01. The van der Waals surface area contributed by atoms with Crippen LogP contribution in [0.3, 0.4) is 0 Å². The maximum atomic E-state index is 11.6. The third-order valence-electron chi connectivity index (χ3n) is 2.29. The van der Waals surface area contributed by atoms with E-state index >= 15 is 0 Å². The van der Waals surface area contributed by atoms with Crippen LogP contribution in [0.15, 0.2) is 36.7 Å². The monoisotopic (exact) mass is 245 g/mol. The summed E-state index contributed by atoms with van der Waals surface area (Å²) in [6.45, 7) is 0. The van der Waals surface area contributed by atoms with E-state index in [-0.39, 0.29) is 17.3 Å². The number of carbonyl (C=O) groups is 1. The molecule has 0 atom stereocenters. The first kappa shape index (κ1) is 11.5. The summed E-state index contributed by atoms with van der Waals surface area (Å²) in [6, 6.07) is 7.54. The summed E-state index contributed by atoms with van der Waals surface area (Å²) in [6.07, 6.45) is 3.47. The summed E-state index contributed by atoms with van der Waals surface area (Å²) in [5.74, 6) is -0.214. The van der Waals surface area contributed by atoms with Gasteiger partial charge in [0.05, 0.1) is 17.1 Å². The second kappa shape index (κ2) is 4.88. The highest BCUT2D eigenvalue weighted by Gasteiger charge is 2.06. The van der Waals surface area contributed by atoms with Gasteiger partial charge in [0.25, 0.3) is 0 Å². The number of amides is 1. The average molecular weight is 245 g/mol. The number of benzene rings is 1. The lowest BCUT2D eigenvalue weighted by Crippen LogP contribution is -2.20. The molecule has 0 saturated heterocycles. The van der Waals surface area contributed by atoms with Crippen LogP contribution in [0.25, 0.3) is 10.8 Å². The number of hydrogen-bond acceptors (Lipinski definition) is 3. The Hall–Kier alpha value is -2.01. The van der Waals surface area contributed by atoms with Crippen LogP contribution in [0, 0.1) is 0 Å². The van der Waals surface area contributed by atoms with E-state index < -0.39 is 0 Å². The van der Waals surface area contributed by atoms with Gasteiger partial charge in [-0.15, -0.1) is 0 Å². The molecule has 0 aliphatic carbocycles. The van der Waals surface area contributed by atoms with Gasteiger partial charge < -0.3 is 11.1 Å². The molecule has 0 saturated carbocycles. The van der Waals surface area contributed by atoms with Crippen molar-refractivity contribution in [1.82, 2.24) is 4.98 Å². The first-order chi connectivity index (χ1) is 8.16. The minimum absolute atomic E-state index is 0.0476. The van der Waals surface area contributed by atoms with E-state index in [1.165, 1.54) is 0 Å². The van der Waals surface area contributed by atoms with Crippen molar-refractivity contribution >= 4 is 39.6 Å². The average Bonchev–Trinajstić information content (AvgIpc) is 2.28. The van der Waals surface area contributed by atoms with Crippen LogP contribution in [-0.2, 0) is 4.79 Å². The van der Waals surface area contributed by atoms with Gasteiger partial charge in [0.2, 0.25) is 5.91 Å². The zero-order chi connectivity index (χ0) is 12.3. The Morgan fingerprint density at radius 1 is 1.41 bits per heavy atom. The van der Waals surface area contributed by atoms with Crippen molar-refractivity contribution in [1.29, 1.82) is 0 Å². The minimum atomic E-state index is -0.214. The first-order valence-corrected chi connectivity index (χ1v) is 5.48. The second-order valence-electron chi connectivity index (χ2n) is 3.59. The van der Waals surface area contributed by atoms with E-state index in [9.17, 15) is 4.79 Å². The number of carbonyl (C=O) groups excluding carboxylic acids is 1. The Balaban J connectivity index is 2.30. The number of nitrogens with one attached hydrogen (secondary N) is 1. The molecule has 5 heteroatoms. The highest BCUT2D eigenvalue weighted by atomic mass is 32.1. The topological polar surface area (TPSA) is 68.0 Å². The van der Waals surface area contributed by atoms with Gasteiger partial charge >= 0.3 is 0 Å². The summed E-state index contributed by atoms with van der Waals surface area (Å²) in [5, 5.41) is 4.69. The molecule has 0 aliphatic rings. The predicted octanol–water partition coefficient (Wildman–Crippen LogP) is 1.85. The molecule has 4 nitrogen and oxygen atoms in total. The number of hydrogen-bond donors (Lipinski definition) is 2. The van der Waals surface area contributed by atoms with Gasteiger partial charge in [-0.1, -0.05) is 24.4 Å². The van der Waals surface area contributed by atoms with Gasteiger partial charge in [-0.05, 0) is 17.5 Å². The first-order valence-electron chi connectivity index (χ1n) is 5.08. The summed E-state index contributed by atoms with van der Waals surface area (Å²) >= 11 is 4.69. The SMILES string of the molecule is NC(=S)CC(=O)Nc1cccc2ccncc12. The number of rotatable bonds is 3. The molecule has 86 valence electrons. The molecule has 1 heterocycles. The maximum absolute atomic E-state index is 11.6. The number of pyridine rings is 1. The molecule has 0 bridgehead atoms. The lowest BCUT2D eigenvalue weighted by atomic mass is 10.1. The molecule has 0 fully saturated rings. The van der Waals surface area contributed by atoms with Crippen molar-refractivity contribution in [2.45, 2.75) is 6.42 Å². The smallest absolute Gasteiger partial charge is 0.231 e. The lowest BCUT2D eigenvalue weighted by Gasteiger charge is -2.07. The Bertz CT molecular complexity index is 577. The van der Waals surface area contributed by atoms with Crippen LogP contribution >= 0.6 is 12.2 Å². The second-order valence-corrected chi connectivity index (χ2v) is 4.12. The molecule has 3 N–H and O–H groups in total. The van der Waals surface area contributed by atoms with Gasteiger partial charge in [0.15, 0.2) is 0 Å². The lowest BCUT2D eigenvalue weighted by molar-refractivity contribution is -0.115. The van der Waals surface area contributed by atoms with Gasteiger partial charge in [-0.3, -0.25) is 9.78 Å². The number of thiocarbonyl (C=S) groups is 1. The molecular weight excluding hydrogens is 234 g/mol. The quantitative estimate of drug-likeness (QED) is 0.810. The van der Waals surface area contributed by atoms with Gasteiger partial charge in [0.1, 0.15) is 0 Å². The Morgan fingerprint density at radius 3 is 3.00 bits per heavy atom. The fourth-order valence-corrected chi connectivity index (χ4v) is 1.71. The van der Waals surface area contributed by atoms with Gasteiger partial charge in [0, 0.05) is 17.8 Å². The van der Waals surface area contributed by atoms with E-state index in [2.05, 4.69) is 22.5 Å². The molecule has 2 aromatic rings. The highest BCUT2D eigenvalue weighted by Crippen LogP contribution is 2.21. The molecule has 0 radical (unpaired) electrons. The van der Waals surface area contributed by atoms with E-state index in [1.54, 1.807) is 12.4 Å². The van der Waals surface area contributed by atoms with Crippen molar-refractivity contribution in [2.75, 3.05) is 5.32 Å². The molecule has 0 aliphatic heterocycles. The molecule has 1 aromatic carbocycles. The van der Waals surface area contributed by atoms with Crippen LogP contribution in [0.1, 0.15) is 6.42 Å². The summed E-state index contributed by atoms with van der Waals surface area (Å²) in [4.78, 5) is 15.8. The Morgan fingerprint density at radius 2 is 2.24 bits per heavy atom. The van der Waals surface area contributed by atoms with Gasteiger partial charge in [-0.2, -0.15) is 0 Å².